The maximum atomic E-state index is 12.6. The second kappa shape index (κ2) is 8.17. The number of rotatable bonds is 1. The van der Waals surface area contributed by atoms with E-state index in [1.807, 2.05) is 0 Å². The first-order chi connectivity index (χ1) is 11.7. The van der Waals surface area contributed by atoms with Crippen molar-refractivity contribution in [1.29, 1.82) is 0 Å². The molecule has 0 atom stereocenters. The van der Waals surface area contributed by atoms with E-state index in [0.717, 1.165) is 0 Å². The van der Waals surface area contributed by atoms with Gasteiger partial charge in [0.15, 0.2) is 28.2 Å². The molecule has 144 valence electrons. The van der Waals surface area contributed by atoms with Gasteiger partial charge in [-0.15, -0.1) is 0 Å². The maximum Gasteiger partial charge on any atom is 0.300 e. The minimum absolute atomic E-state index is 0.282. The van der Waals surface area contributed by atoms with Gasteiger partial charge in [-0.1, -0.05) is 32.9 Å². The number of benzene rings is 2. The van der Waals surface area contributed by atoms with E-state index in [2.05, 4.69) is 67.6 Å². The van der Waals surface area contributed by atoms with Crippen molar-refractivity contribution in [3.05, 3.63) is 62.5 Å². The monoisotopic (exact) mass is 508 g/mol. The van der Waals surface area contributed by atoms with Crippen LogP contribution >= 0.6 is 22.6 Å². The van der Waals surface area contributed by atoms with Crippen LogP contribution in [0.25, 0.3) is 0 Å². The highest BCUT2D eigenvalue weighted by atomic mass is 127. The minimum Gasteiger partial charge on any atom is -0.282 e. The van der Waals surface area contributed by atoms with Crippen LogP contribution in [0, 0.1) is 32.7 Å². The fourth-order valence-corrected chi connectivity index (χ4v) is 2.75. The van der Waals surface area contributed by atoms with Gasteiger partial charge in [0, 0.05) is 3.57 Å². The highest BCUT2D eigenvalue weighted by molar-refractivity contribution is 14.1. The number of hydrogen-bond donors (Lipinski definition) is 1. The largest absolute Gasteiger partial charge is 0.300 e. The summed E-state index contributed by atoms with van der Waals surface area (Å²) in [5.74, 6) is -12.6. The highest BCUT2D eigenvalue weighted by Gasteiger charge is 2.32. The van der Waals surface area contributed by atoms with E-state index in [0.29, 0.717) is 0 Å². The van der Waals surface area contributed by atoms with Crippen molar-refractivity contribution in [2.45, 2.75) is 31.1 Å². The Labute approximate surface area is 161 Å². The standard InChI is InChI=1S/C10H13I.C6HF5O3S/c1-10(2,3)8-4-6-9(11)7-5-8;7-1-2(8)4(10)6(15(12,13)14)5(11)3(1)9/h4-7H,1-3H3;(H,12,13,14). The summed E-state index contributed by atoms with van der Waals surface area (Å²) >= 11 is 2.32. The normalized spacial score (nSPS) is 11.8. The van der Waals surface area contributed by atoms with Crippen molar-refractivity contribution in [1.82, 2.24) is 0 Å². The summed E-state index contributed by atoms with van der Waals surface area (Å²) in [7, 11) is -5.52. The molecule has 0 saturated carbocycles. The summed E-state index contributed by atoms with van der Waals surface area (Å²) in [6.45, 7) is 6.69. The summed E-state index contributed by atoms with van der Waals surface area (Å²) in [5, 5.41) is 0. The second-order valence-corrected chi connectivity index (χ2v) is 8.74. The van der Waals surface area contributed by atoms with Crippen LogP contribution in [-0.2, 0) is 15.5 Å². The molecule has 0 aliphatic heterocycles. The zero-order chi connectivity index (χ0) is 20.4. The lowest BCUT2D eigenvalue weighted by molar-refractivity contribution is 0.352. The maximum absolute atomic E-state index is 12.6. The molecule has 10 heteroatoms. The summed E-state index contributed by atoms with van der Waals surface area (Å²) < 4.78 is 92.6. The van der Waals surface area contributed by atoms with Crippen LogP contribution < -0.4 is 0 Å². The van der Waals surface area contributed by atoms with E-state index in [-0.39, 0.29) is 5.41 Å². The third-order valence-electron chi connectivity index (χ3n) is 3.14. The Morgan fingerprint density at radius 1 is 0.808 bits per heavy atom. The lowest BCUT2D eigenvalue weighted by atomic mass is 9.87. The molecule has 0 unspecified atom stereocenters. The molecule has 0 aliphatic rings. The zero-order valence-corrected chi connectivity index (χ0v) is 16.7. The smallest absolute Gasteiger partial charge is 0.282 e. The Bertz CT molecular complexity index is 878. The quantitative estimate of drug-likeness (QED) is 0.189. The molecule has 26 heavy (non-hydrogen) atoms. The second-order valence-electron chi connectivity index (χ2n) is 6.13. The van der Waals surface area contributed by atoms with Gasteiger partial charge >= 0.3 is 10.1 Å². The Morgan fingerprint density at radius 2 is 1.15 bits per heavy atom. The van der Waals surface area contributed by atoms with Crippen LogP contribution in [0.3, 0.4) is 0 Å². The molecule has 0 heterocycles. The SMILES string of the molecule is CC(C)(C)c1ccc(I)cc1.O=S(=O)(O)c1c(F)c(F)c(F)c(F)c1F. The fourth-order valence-electron chi connectivity index (χ4n) is 1.76. The number of halogens is 6. The van der Waals surface area contributed by atoms with Crippen molar-refractivity contribution in [3.63, 3.8) is 0 Å². The average Bonchev–Trinajstić information content (AvgIpc) is 2.50. The Balaban J connectivity index is 0.000000273. The van der Waals surface area contributed by atoms with E-state index < -0.39 is 44.1 Å². The molecule has 0 aliphatic carbocycles. The highest BCUT2D eigenvalue weighted by Crippen LogP contribution is 2.26. The summed E-state index contributed by atoms with van der Waals surface area (Å²) in [6, 6.07) is 8.70. The first-order valence-electron chi connectivity index (χ1n) is 6.93. The summed E-state index contributed by atoms with van der Waals surface area (Å²) in [6.07, 6.45) is 0. The van der Waals surface area contributed by atoms with Crippen molar-refractivity contribution in [2.24, 2.45) is 0 Å². The van der Waals surface area contributed by atoms with Gasteiger partial charge in [0.2, 0.25) is 5.82 Å². The van der Waals surface area contributed by atoms with Crippen LogP contribution in [0.2, 0.25) is 0 Å². The van der Waals surface area contributed by atoms with Gasteiger partial charge in [0.05, 0.1) is 0 Å². The molecule has 1 N–H and O–H groups in total. The molecule has 2 rings (SSSR count). The molecule has 2 aromatic rings. The van der Waals surface area contributed by atoms with Crippen LogP contribution in [0.15, 0.2) is 29.2 Å². The molecule has 3 nitrogen and oxygen atoms in total. The van der Waals surface area contributed by atoms with Crippen molar-refractivity contribution >= 4 is 32.7 Å². The van der Waals surface area contributed by atoms with Gasteiger partial charge in [-0.05, 0) is 45.7 Å². The lowest BCUT2D eigenvalue weighted by Crippen LogP contribution is -2.11. The minimum atomic E-state index is -5.52. The molecule has 0 spiro atoms. The Hall–Kier alpha value is -1.27. The van der Waals surface area contributed by atoms with Crippen molar-refractivity contribution in [3.8, 4) is 0 Å². The molecule has 0 saturated heterocycles. The molecule has 0 aromatic heterocycles. The molecule has 0 radical (unpaired) electrons. The van der Waals surface area contributed by atoms with Gasteiger partial charge in [-0.2, -0.15) is 8.42 Å². The van der Waals surface area contributed by atoms with Gasteiger partial charge in [0.1, 0.15) is 0 Å². The molecular formula is C16H14F5IO3S. The molecular weight excluding hydrogens is 494 g/mol. The van der Waals surface area contributed by atoms with Gasteiger partial charge in [-0.25, -0.2) is 22.0 Å². The molecule has 0 fully saturated rings. The predicted molar refractivity (Wildman–Crippen MR) is 93.9 cm³/mol. The molecule has 0 amide bonds. The van der Waals surface area contributed by atoms with E-state index in [1.54, 1.807) is 0 Å². The summed E-state index contributed by atoms with van der Waals surface area (Å²) in [4.78, 5) is -2.26. The van der Waals surface area contributed by atoms with Crippen LogP contribution in [0.5, 0.6) is 0 Å². The van der Waals surface area contributed by atoms with Gasteiger partial charge < -0.3 is 0 Å². The van der Waals surface area contributed by atoms with Crippen LogP contribution in [0.4, 0.5) is 22.0 Å². The lowest BCUT2D eigenvalue weighted by Gasteiger charge is -2.18. The first kappa shape index (κ1) is 22.8. The van der Waals surface area contributed by atoms with Crippen molar-refractivity contribution < 1.29 is 34.9 Å². The summed E-state index contributed by atoms with van der Waals surface area (Å²) in [5.41, 5.74) is 1.68. The van der Waals surface area contributed by atoms with Gasteiger partial charge in [-0.3, -0.25) is 4.55 Å². The fraction of sp³-hybridized carbons (Fsp3) is 0.250. The van der Waals surface area contributed by atoms with E-state index in [4.69, 9.17) is 4.55 Å². The van der Waals surface area contributed by atoms with E-state index in [1.165, 1.54) is 9.13 Å². The average molecular weight is 508 g/mol. The van der Waals surface area contributed by atoms with E-state index in [9.17, 15) is 30.4 Å². The van der Waals surface area contributed by atoms with Crippen LogP contribution in [-0.4, -0.2) is 13.0 Å². The number of hydrogen-bond acceptors (Lipinski definition) is 2. The van der Waals surface area contributed by atoms with Gasteiger partial charge in [0.25, 0.3) is 0 Å². The predicted octanol–water partition coefficient (Wildman–Crippen LogP) is 5.22. The zero-order valence-electron chi connectivity index (χ0n) is 13.7. The van der Waals surface area contributed by atoms with Crippen LogP contribution in [0.1, 0.15) is 26.3 Å². The molecule has 2 aromatic carbocycles. The Morgan fingerprint density at radius 3 is 1.46 bits per heavy atom. The third-order valence-corrected chi connectivity index (χ3v) is 4.73. The third kappa shape index (κ3) is 5.36. The first-order valence-corrected chi connectivity index (χ1v) is 9.44. The Kier molecular flexibility index (Phi) is 7.16. The molecule has 0 bridgehead atoms. The van der Waals surface area contributed by atoms with E-state index >= 15 is 0 Å². The topological polar surface area (TPSA) is 54.4 Å². The van der Waals surface area contributed by atoms with Crippen molar-refractivity contribution in [2.75, 3.05) is 0 Å².